The smallest absolute Gasteiger partial charge is 0.214 e. The molecule has 152 valence electrons. The highest BCUT2D eigenvalue weighted by atomic mass is 35.5. The van der Waals surface area contributed by atoms with Crippen molar-refractivity contribution in [2.45, 2.75) is 18.7 Å². The highest BCUT2D eigenvalue weighted by Crippen LogP contribution is 2.49. The number of fused-ring (bicyclic) bond motifs is 3. The molecule has 0 amide bonds. The van der Waals surface area contributed by atoms with E-state index in [4.69, 9.17) is 26.2 Å². The molecular formula is C23H19ClN2O4. The summed E-state index contributed by atoms with van der Waals surface area (Å²) in [5.41, 5.74) is 3.19. The molecule has 3 aromatic rings. The van der Waals surface area contributed by atoms with Gasteiger partial charge in [0, 0.05) is 28.1 Å². The second-order valence-corrected chi connectivity index (χ2v) is 7.68. The van der Waals surface area contributed by atoms with Crippen molar-refractivity contribution >= 4 is 17.3 Å². The first-order valence-electron chi connectivity index (χ1n) is 9.52. The van der Waals surface area contributed by atoms with Gasteiger partial charge in [0.15, 0.2) is 11.5 Å². The average molecular weight is 423 g/mol. The normalized spacial score (nSPS) is 19.5. The molecule has 0 radical (unpaired) electrons. The van der Waals surface area contributed by atoms with Gasteiger partial charge in [-0.05, 0) is 48.5 Å². The van der Waals surface area contributed by atoms with Crippen molar-refractivity contribution < 1.29 is 19.7 Å². The molecule has 7 heteroatoms. The van der Waals surface area contributed by atoms with Gasteiger partial charge in [0.25, 0.3) is 0 Å². The maximum Gasteiger partial charge on any atom is 0.214 e. The third-order valence-electron chi connectivity index (χ3n) is 5.46. The van der Waals surface area contributed by atoms with E-state index < -0.39 is 6.23 Å². The number of methoxy groups -OCH3 is 1. The Morgan fingerprint density at radius 3 is 2.70 bits per heavy atom. The number of rotatable bonds is 3. The first kappa shape index (κ1) is 18.6. The predicted octanol–water partition coefficient (Wildman–Crippen LogP) is 5.00. The zero-order valence-electron chi connectivity index (χ0n) is 16.1. The summed E-state index contributed by atoms with van der Waals surface area (Å²) in [5.74, 6) is 1.33. The molecule has 0 saturated carbocycles. The van der Waals surface area contributed by atoms with Crippen LogP contribution in [0.2, 0.25) is 5.02 Å². The van der Waals surface area contributed by atoms with Crippen LogP contribution < -0.4 is 9.47 Å². The van der Waals surface area contributed by atoms with Crippen molar-refractivity contribution in [3.8, 4) is 23.0 Å². The molecule has 0 aliphatic carbocycles. The van der Waals surface area contributed by atoms with Gasteiger partial charge in [-0.25, -0.2) is 5.01 Å². The molecule has 0 unspecified atom stereocenters. The van der Waals surface area contributed by atoms with Crippen LogP contribution in [0.5, 0.6) is 23.0 Å². The van der Waals surface area contributed by atoms with Crippen LogP contribution in [0.3, 0.4) is 0 Å². The molecule has 3 aromatic carbocycles. The molecule has 2 heterocycles. The van der Waals surface area contributed by atoms with Gasteiger partial charge in [0.05, 0.1) is 18.9 Å². The minimum atomic E-state index is -0.526. The van der Waals surface area contributed by atoms with E-state index in [0.717, 1.165) is 22.6 Å². The van der Waals surface area contributed by atoms with Gasteiger partial charge in [-0.1, -0.05) is 23.7 Å². The number of ether oxygens (including phenoxy) is 2. The van der Waals surface area contributed by atoms with E-state index in [1.807, 2.05) is 29.3 Å². The summed E-state index contributed by atoms with van der Waals surface area (Å²) < 4.78 is 11.6. The van der Waals surface area contributed by atoms with E-state index in [9.17, 15) is 10.2 Å². The molecule has 0 fully saturated rings. The quantitative estimate of drug-likeness (QED) is 0.621. The largest absolute Gasteiger partial charge is 0.507 e. The summed E-state index contributed by atoms with van der Waals surface area (Å²) in [6.45, 7) is 0. The fourth-order valence-corrected chi connectivity index (χ4v) is 4.19. The lowest BCUT2D eigenvalue weighted by molar-refractivity contribution is -0.0191. The number of benzene rings is 3. The lowest BCUT2D eigenvalue weighted by Crippen LogP contribution is -2.33. The molecule has 2 atom stereocenters. The number of hydrogen-bond donors (Lipinski definition) is 2. The maximum atomic E-state index is 10.3. The number of halogens is 1. The summed E-state index contributed by atoms with van der Waals surface area (Å²) >= 11 is 6.26. The zero-order valence-corrected chi connectivity index (χ0v) is 16.9. The highest BCUT2D eigenvalue weighted by Gasteiger charge is 2.41. The third kappa shape index (κ3) is 3.00. The lowest BCUT2D eigenvalue weighted by atomic mass is 9.95. The molecule has 2 aliphatic heterocycles. The van der Waals surface area contributed by atoms with Gasteiger partial charge in [-0.15, -0.1) is 0 Å². The summed E-state index contributed by atoms with van der Waals surface area (Å²) in [4.78, 5) is 0. The monoisotopic (exact) mass is 422 g/mol. The lowest BCUT2D eigenvalue weighted by Gasteiger charge is -2.38. The molecule has 0 saturated heterocycles. The Labute approximate surface area is 178 Å². The van der Waals surface area contributed by atoms with E-state index in [1.165, 1.54) is 7.11 Å². The number of hydrazone groups is 1. The van der Waals surface area contributed by atoms with Gasteiger partial charge >= 0.3 is 0 Å². The zero-order chi connectivity index (χ0) is 20.8. The summed E-state index contributed by atoms with van der Waals surface area (Å²) in [6, 6.07) is 17.7. The second-order valence-electron chi connectivity index (χ2n) is 7.25. The van der Waals surface area contributed by atoms with E-state index >= 15 is 0 Å². The minimum Gasteiger partial charge on any atom is -0.507 e. The van der Waals surface area contributed by atoms with Crippen molar-refractivity contribution in [1.82, 2.24) is 5.01 Å². The summed E-state index contributed by atoms with van der Waals surface area (Å²) in [5, 5.41) is 27.6. The van der Waals surface area contributed by atoms with Crippen LogP contribution in [0.25, 0.3) is 0 Å². The van der Waals surface area contributed by atoms with Gasteiger partial charge in [0.2, 0.25) is 6.23 Å². The Kier molecular flexibility index (Phi) is 4.44. The fourth-order valence-electron chi connectivity index (χ4n) is 4.01. The highest BCUT2D eigenvalue weighted by molar-refractivity contribution is 6.30. The Morgan fingerprint density at radius 1 is 1.07 bits per heavy atom. The van der Waals surface area contributed by atoms with Crippen LogP contribution in [-0.4, -0.2) is 28.0 Å². The van der Waals surface area contributed by atoms with Crippen LogP contribution in [0.15, 0.2) is 65.8 Å². The average Bonchev–Trinajstić information content (AvgIpc) is 3.19. The first-order chi connectivity index (χ1) is 14.5. The molecule has 2 aliphatic rings. The van der Waals surface area contributed by atoms with E-state index in [0.29, 0.717) is 22.8 Å². The van der Waals surface area contributed by atoms with Crippen molar-refractivity contribution in [2.75, 3.05) is 7.11 Å². The predicted molar refractivity (Wildman–Crippen MR) is 113 cm³/mol. The van der Waals surface area contributed by atoms with Gasteiger partial charge in [-0.2, -0.15) is 5.10 Å². The number of para-hydroxylation sites is 1. The molecule has 30 heavy (non-hydrogen) atoms. The van der Waals surface area contributed by atoms with Gasteiger partial charge < -0.3 is 19.7 Å². The van der Waals surface area contributed by atoms with E-state index in [2.05, 4.69) is 0 Å². The number of aromatic hydroxyl groups is 2. The topological polar surface area (TPSA) is 74.5 Å². The number of nitrogens with zero attached hydrogens (tertiary/aromatic N) is 2. The summed E-state index contributed by atoms with van der Waals surface area (Å²) in [6.07, 6.45) is 0.0709. The summed E-state index contributed by atoms with van der Waals surface area (Å²) in [7, 11) is 1.50. The van der Waals surface area contributed by atoms with Crippen molar-refractivity contribution in [3.05, 3.63) is 82.4 Å². The van der Waals surface area contributed by atoms with E-state index in [1.54, 1.807) is 36.4 Å². The number of phenols is 2. The third-order valence-corrected chi connectivity index (χ3v) is 5.69. The second kappa shape index (κ2) is 7.15. The Morgan fingerprint density at radius 2 is 1.90 bits per heavy atom. The Hall–Kier alpha value is -3.38. The van der Waals surface area contributed by atoms with E-state index in [-0.39, 0.29) is 17.5 Å². The molecule has 0 bridgehead atoms. The first-order valence-corrected chi connectivity index (χ1v) is 9.90. The Balaban J connectivity index is 1.63. The van der Waals surface area contributed by atoms with Crippen LogP contribution in [-0.2, 0) is 0 Å². The van der Waals surface area contributed by atoms with Crippen molar-refractivity contribution in [2.24, 2.45) is 5.10 Å². The fraction of sp³-hybridized carbons (Fsp3) is 0.174. The SMILES string of the molecule is COc1cc([C@@H]2Oc3ccc(Cl)cc3[C@@H]3CC(c4ccccc4O)=NN32)ccc1O. The molecule has 2 N–H and O–H groups in total. The van der Waals surface area contributed by atoms with Crippen molar-refractivity contribution in [1.29, 1.82) is 0 Å². The van der Waals surface area contributed by atoms with Crippen LogP contribution in [0.1, 0.15) is 35.4 Å². The molecule has 5 rings (SSSR count). The molecule has 0 aromatic heterocycles. The van der Waals surface area contributed by atoms with Crippen LogP contribution >= 0.6 is 11.6 Å². The maximum absolute atomic E-state index is 10.3. The number of hydrogen-bond acceptors (Lipinski definition) is 6. The van der Waals surface area contributed by atoms with Crippen LogP contribution in [0.4, 0.5) is 0 Å². The van der Waals surface area contributed by atoms with Gasteiger partial charge in [-0.3, -0.25) is 0 Å². The molecule has 6 nitrogen and oxygen atoms in total. The van der Waals surface area contributed by atoms with Gasteiger partial charge in [0.1, 0.15) is 11.5 Å². The molecular weight excluding hydrogens is 404 g/mol. The number of phenolic OH excluding ortho intramolecular Hbond substituents is 2. The minimum absolute atomic E-state index is 0.0561. The van der Waals surface area contributed by atoms with Crippen molar-refractivity contribution in [3.63, 3.8) is 0 Å². The Bertz CT molecular complexity index is 1160. The van der Waals surface area contributed by atoms with Crippen LogP contribution in [0, 0.1) is 0 Å². The standard InChI is InChI=1S/C23H19ClN2O4/c1-29-22-10-13(6-8-20(22)28)23-26-18(16-11-14(24)7-9-21(16)30-23)12-17(25-26)15-4-2-3-5-19(15)27/h2-11,18,23,27-28H,12H2,1H3/t18-,23-/m0/s1. The molecule has 0 spiro atoms.